The van der Waals surface area contributed by atoms with Crippen LogP contribution in [0.3, 0.4) is 0 Å². The summed E-state index contributed by atoms with van der Waals surface area (Å²) >= 11 is 0. The number of anilines is 1. The van der Waals surface area contributed by atoms with Crippen LogP contribution in [0.4, 0.5) is 10.1 Å². The third kappa shape index (κ3) is 3.60. The van der Waals surface area contributed by atoms with E-state index in [4.69, 9.17) is 0 Å². The fourth-order valence-corrected chi connectivity index (χ4v) is 2.41. The third-order valence-electron chi connectivity index (χ3n) is 3.85. The summed E-state index contributed by atoms with van der Waals surface area (Å²) in [5.74, 6) is -0.886. The summed E-state index contributed by atoms with van der Waals surface area (Å²) < 4.78 is 12.9. The lowest BCUT2D eigenvalue weighted by atomic mass is 9.89. The second-order valence-corrected chi connectivity index (χ2v) is 5.94. The van der Waals surface area contributed by atoms with E-state index >= 15 is 0 Å². The zero-order chi connectivity index (χ0) is 15.5. The van der Waals surface area contributed by atoms with Crippen molar-refractivity contribution in [2.24, 2.45) is 5.41 Å². The van der Waals surface area contributed by atoms with Gasteiger partial charge in [0.2, 0.25) is 11.8 Å². The Labute approximate surface area is 124 Å². The summed E-state index contributed by atoms with van der Waals surface area (Å²) in [6.07, 6.45) is 3.11. The predicted molar refractivity (Wildman–Crippen MR) is 79.2 cm³/mol. The summed E-state index contributed by atoms with van der Waals surface area (Å²) in [7, 11) is 0. The average molecular weight is 292 g/mol. The fourth-order valence-electron chi connectivity index (χ4n) is 2.41. The molecule has 0 atom stereocenters. The Hall–Kier alpha value is -1.91. The van der Waals surface area contributed by atoms with Gasteiger partial charge in [-0.1, -0.05) is 0 Å². The quantitative estimate of drug-likeness (QED) is 0.871. The molecule has 0 bridgehead atoms. The Morgan fingerprint density at radius 3 is 2.24 bits per heavy atom. The van der Waals surface area contributed by atoms with Crippen LogP contribution in [0.25, 0.3) is 0 Å². The number of rotatable bonds is 3. The first-order valence-corrected chi connectivity index (χ1v) is 7.27. The summed E-state index contributed by atoms with van der Waals surface area (Å²) in [5.41, 5.74) is -0.646. The molecule has 0 spiro atoms. The van der Waals surface area contributed by atoms with E-state index in [0.717, 1.165) is 19.3 Å². The number of benzene rings is 1. The summed E-state index contributed by atoms with van der Waals surface area (Å²) in [6.45, 7) is 4.68. The Kier molecular flexibility index (Phi) is 4.60. The monoisotopic (exact) mass is 292 g/mol. The van der Waals surface area contributed by atoms with Crippen LogP contribution in [-0.4, -0.2) is 29.8 Å². The van der Waals surface area contributed by atoms with E-state index < -0.39 is 5.41 Å². The van der Waals surface area contributed by atoms with Gasteiger partial charge in [0.05, 0.1) is 0 Å². The van der Waals surface area contributed by atoms with E-state index in [1.54, 1.807) is 18.7 Å². The minimum absolute atomic E-state index is 0.151. The van der Waals surface area contributed by atoms with Gasteiger partial charge in [-0.3, -0.25) is 9.59 Å². The molecule has 1 aliphatic rings. The van der Waals surface area contributed by atoms with Crippen molar-refractivity contribution in [3.8, 4) is 0 Å². The first-order valence-electron chi connectivity index (χ1n) is 7.27. The normalized spacial score (nSPS) is 15.7. The maximum absolute atomic E-state index is 12.9. The second kappa shape index (κ2) is 6.24. The minimum atomic E-state index is -1.13. The number of amides is 2. The topological polar surface area (TPSA) is 49.4 Å². The second-order valence-electron chi connectivity index (χ2n) is 5.94. The molecule has 5 heteroatoms. The molecule has 1 heterocycles. The van der Waals surface area contributed by atoms with Crippen LogP contribution >= 0.6 is 0 Å². The van der Waals surface area contributed by atoms with Crippen LogP contribution in [-0.2, 0) is 9.59 Å². The van der Waals surface area contributed by atoms with E-state index in [-0.39, 0.29) is 17.6 Å². The molecule has 1 saturated heterocycles. The molecule has 1 aliphatic heterocycles. The molecule has 0 unspecified atom stereocenters. The van der Waals surface area contributed by atoms with E-state index in [1.807, 2.05) is 0 Å². The number of nitrogens with zero attached hydrogens (tertiary/aromatic N) is 1. The molecule has 0 saturated carbocycles. The molecule has 2 rings (SSSR count). The average Bonchev–Trinajstić information content (AvgIpc) is 2.49. The molecule has 1 N–H and O–H groups in total. The van der Waals surface area contributed by atoms with Gasteiger partial charge in [-0.15, -0.1) is 0 Å². The third-order valence-corrected chi connectivity index (χ3v) is 3.85. The molecule has 1 aromatic carbocycles. The molecule has 114 valence electrons. The van der Waals surface area contributed by atoms with Crippen LogP contribution in [0.15, 0.2) is 24.3 Å². The van der Waals surface area contributed by atoms with Gasteiger partial charge in [-0.05, 0) is 57.4 Å². The van der Waals surface area contributed by atoms with Crippen LogP contribution < -0.4 is 5.32 Å². The summed E-state index contributed by atoms with van der Waals surface area (Å²) in [6, 6.07) is 5.51. The van der Waals surface area contributed by atoms with Crippen LogP contribution in [0, 0.1) is 11.2 Å². The molecular formula is C16H21FN2O2. The molecule has 0 aromatic heterocycles. The Balaban J connectivity index is 2.04. The number of nitrogens with one attached hydrogen (secondary N) is 1. The van der Waals surface area contributed by atoms with E-state index in [2.05, 4.69) is 5.32 Å². The predicted octanol–water partition coefficient (Wildman–Crippen LogP) is 2.80. The molecule has 4 nitrogen and oxygen atoms in total. The summed E-state index contributed by atoms with van der Waals surface area (Å²) in [4.78, 5) is 26.6. The van der Waals surface area contributed by atoms with Gasteiger partial charge in [-0.2, -0.15) is 0 Å². The van der Waals surface area contributed by atoms with Crippen LogP contribution in [0.5, 0.6) is 0 Å². The number of likely N-dealkylation sites (tertiary alicyclic amines) is 1. The molecule has 0 aliphatic carbocycles. The van der Waals surface area contributed by atoms with Crippen molar-refractivity contribution in [2.75, 3.05) is 18.4 Å². The smallest absolute Gasteiger partial charge is 0.239 e. The van der Waals surface area contributed by atoms with Crippen molar-refractivity contribution in [2.45, 2.75) is 33.1 Å². The summed E-state index contributed by atoms with van der Waals surface area (Å²) in [5, 5.41) is 2.68. The molecule has 0 radical (unpaired) electrons. The van der Waals surface area contributed by atoms with Crippen molar-refractivity contribution >= 4 is 17.5 Å². The minimum Gasteiger partial charge on any atom is -0.342 e. The van der Waals surface area contributed by atoms with Crippen LogP contribution in [0.2, 0.25) is 0 Å². The van der Waals surface area contributed by atoms with Crippen molar-refractivity contribution in [1.82, 2.24) is 4.90 Å². The highest BCUT2D eigenvalue weighted by molar-refractivity contribution is 6.09. The van der Waals surface area contributed by atoms with Gasteiger partial charge in [0.1, 0.15) is 11.2 Å². The lowest BCUT2D eigenvalue weighted by Gasteiger charge is -2.33. The maximum atomic E-state index is 12.9. The molecule has 2 amide bonds. The SMILES string of the molecule is CC(C)(C(=O)Nc1ccc(F)cc1)C(=O)N1CCCCC1. The Bertz CT molecular complexity index is 520. The number of hydrogen-bond donors (Lipinski definition) is 1. The van der Waals surface area contributed by atoms with Gasteiger partial charge >= 0.3 is 0 Å². The number of carbonyl (C=O) groups excluding carboxylic acids is 2. The number of halogens is 1. The van der Waals surface area contributed by atoms with Crippen molar-refractivity contribution in [3.05, 3.63) is 30.1 Å². The molecular weight excluding hydrogens is 271 g/mol. The lowest BCUT2D eigenvalue weighted by Crippen LogP contribution is -2.48. The first-order chi connectivity index (χ1) is 9.91. The van der Waals surface area contributed by atoms with Crippen molar-refractivity contribution < 1.29 is 14.0 Å². The van der Waals surface area contributed by atoms with Crippen LogP contribution in [0.1, 0.15) is 33.1 Å². The first kappa shape index (κ1) is 15.5. The van der Waals surface area contributed by atoms with Crippen molar-refractivity contribution in [3.63, 3.8) is 0 Å². The zero-order valence-corrected chi connectivity index (χ0v) is 12.5. The largest absolute Gasteiger partial charge is 0.342 e. The Morgan fingerprint density at radius 1 is 1.10 bits per heavy atom. The van der Waals surface area contributed by atoms with E-state index in [9.17, 15) is 14.0 Å². The van der Waals surface area contributed by atoms with Gasteiger partial charge in [0, 0.05) is 18.8 Å². The lowest BCUT2D eigenvalue weighted by molar-refractivity contribution is -0.147. The zero-order valence-electron chi connectivity index (χ0n) is 12.5. The Morgan fingerprint density at radius 2 is 1.67 bits per heavy atom. The maximum Gasteiger partial charge on any atom is 0.239 e. The number of hydrogen-bond acceptors (Lipinski definition) is 2. The van der Waals surface area contributed by atoms with Gasteiger partial charge in [0.15, 0.2) is 0 Å². The number of carbonyl (C=O) groups is 2. The van der Waals surface area contributed by atoms with Gasteiger partial charge in [-0.25, -0.2) is 4.39 Å². The molecule has 21 heavy (non-hydrogen) atoms. The highest BCUT2D eigenvalue weighted by atomic mass is 19.1. The van der Waals surface area contributed by atoms with Crippen molar-refractivity contribution in [1.29, 1.82) is 0 Å². The standard InChI is InChI=1S/C16H21FN2O2/c1-16(2,15(21)19-10-4-3-5-11-19)14(20)18-13-8-6-12(17)7-9-13/h6-9H,3-5,10-11H2,1-2H3,(H,18,20). The number of piperidine rings is 1. The highest BCUT2D eigenvalue weighted by Crippen LogP contribution is 2.24. The molecule has 1 aromatic rings. The van der Waals surface area contributed by atoms with E-state index in [1.165, 1.54) is 24.3 Å². The van der Waals surface area contributed by atoms with Gasteiger partial charge < -0.3 is 10.2 Å². The van der Waals surface area contributed by atoms with Gasteiger partial charge in [0.25, 0.3) is 0 Å². The fraction of sp³-hybridized carbons (Fsp3) is 0.500. The van der Waals surface area contributed by atoms with E-state index in [0.29, 0.717) is 18.8 Å². The highest BCUT2D eigenvalue weighted by Gasteiger charge is 2.39. The molecule has 1 fully saturated rings.